The van der Waals surface area contributed by atoms with Gasteiger partial charge in [0, 0.05) is 40.3 Å². The van der Waals surface area contributed by atoms with Crippen LogP contribution in [0.3, 0.4) is 0 Å². The van der Waals surface area contributed by atoms with E-state index in [1.54, 1.807) is 41.9 Å². The van der Waals surface area contributed by atoms with Crippen molar-refractivity contribution in [3.05, 3.63) is 82.9 Å². The quantitative estimate of drug-likeness (QED) is 0.509. The van der Waals surface area contributed by atoms with E-state index in [0.29, 0.717) is 11.5 Å². The number of rotatable bonds is 5. The van der Waals surface area contributed by atoms with Gasteiger partial charge in [-0.15, -0.1) is 11.3 Å². The van der Waals surface area contributed by atoms with Gasteiger partial charge in [0.25, 0.3) is 5.91 Å². The molecule has 2 aromatic heterocycles. The lowest BCUT2D eigenvalue weighted by Crippen LogP contribution is -2.12. The zero-order chi connectivity index (χ0) is 19.3. The molecule has 0 bridgehead atoms. The van der Waals surface area contributed by atoms with E-state index >= 15 is 0 Å². The molecule has 2 heterocycles. The standard InChI is InChI=1S/C21H17N5OS/c1-14-24-19(13-28-14)15-5-2-7-17(11-15)25-20(27)16-6-3-8-18(12-16)26-21-22-9-4-10-23-21/h2-13H,1H3,(H,25,27)(H,22,23,26). The van der Waals surface area contributed by atoms with Gasteiger partial charge in [-0.05, 0) is 43.3 Å². The summed E-state index contributed by atoms with van der Waals surface area (Å²) in [6, 6.07) is 16.6. The third kappa shape index (κ3) is 4.21. The fourth-order valence-electron chi connectivity index (χ4n) is 2.69. The first kappa shape index (κ1) is 17.8. The smallest absolute Gasteiger partial charge is 0.255 e. The first-order chi connectivity index (χ1) is 13.7. The van der Waals surface area contributed by atoms with Crippen molar-refractivity contribution in [2.24, 2.45) is 0 Å². The molecule has 0 spiro atoms. The van der Waals surface area contributed by atoms with Crippen molar-refractivity contribution in [2.75, 3.05) is 10.6 Å². The topological polar surface area (TPSA) is 79.8 Å². The Kier molecular flexibility index (Phi) is 5.07. The number of anilines is 3. The van der Waals surface area contributed by atoms with Crippen LogP contribution in [0.25, 0.3) is 11.3 Å². The van der Waals surface area contributed by atoms with Crippen LogP contribution >= 0.6 is 11.3 Å². The molecule has 2 N–H and O–H groups in total. The van der Waals surface area contributed by atoms with Crippen LogP contribution < -0.4 is 10.6 Å². The summed E-state index contributed by atoms with van der Waals surface area (Å²) in [7, 11) is 0. The Bertz CT molecular complexity index is 1110. The molecule has 0 unspecified atom stereocenters. The van der Waals surface area contributed by atoms with E-state index in [9.17, 15) is 4.79 Å². The fraction of sp³-hybridized carbons (Fsp3) is 0.0476. The number of nitrogens with zero attached hydrogens (tertiary/aromatic N) is 3. The van der Waals surface area contributed by atoms with Gasteiger partial charge in [-0.25, -0.2) is 15.0 Å². The van der Waals surface area contributed by atoms with E-state index in [2.05, 4.69) is 25.6 Å². The van der Waals surface area contributed by atoms with Crippen LogP contribution in [0.1, 0.15) is 15.4 Å². The average molecular weight is 387 g/mol. The molecule has 0 saturated heterocycles. The van der Waals surface area contributed by atoms with Gasteiger partial charge in [-0.2, -0.15) is 0 Å². The van der Waals surface area contributed by atoms with Crippen molar-refractivity contribution in [1.82, 2.24) is 15.0 Å². The maximum atomic E-state index is 12.7. The zero-order valence-corrected chi connectivity index (χ0v) is 15.9. The van der Waals surface area contributed by atoms with Gasteiger partial charge in [-0.3, -0.25) is 4.79 Å². The third-order valence-corrected chi connectivity index (χ3v) is 4.76. The Balaban J connectivity index is 1.50. The Morgan fingerprint density at radius 1 is 0.964 bits per heavy atom. The lowest BCUT2D eigenvalue weighted by molar-refractivity contribution is 0.102. The molecule has 4 rings (SSSR count). The normalized spacial score (nSPS) is 10.5. The van der Waals surface area contributed by atoms with E-state index in [1.807, 2.05) is 48.7 Å². The molecule has 0 saturated carbocycles. The minimum Gasteiger partial charge on any atom is -0.324 e. The summed E-state index contributed by atoms with van der Waals surface area (Å²) in [4.78, 5) is 25.4. The number of thiazole rings is 1. The molecule has 0 aliphatic carbocycles. The second kappa shape index (κ2) is 7.98. The number of carbonyl (C=O) groups excluding carboxylic acids is 1. The highest BCUT2D eigenvalue weighted by Crippen LogP contribution is 2.24. The van der Waals surface area contributed by atoms with E-state index in [1.165, 1.54) is 0 Å². The Morgan fingerprint density at radius 3 is 2.54 bits per heavy atom. The van der Waals surface area contributed by atoms with Crippen LogP contribution in [-0.2, 0) is 0 Å². The van der Waals surface area contributed by atoms with Crippen molar-refractivity contribution in [2.45, 2.75) is 6.92 Å². The monoisotopic (exact) mass is 387 g/mol. The molecule has 7 heteroatoms. The molecule has 0 fully saturated rings. The summed E-state index contributed by atoms with van der Waals surface area (Å²) in [6.07, 6.45) is 3.31. The van der Waals surface area contributed by atoms with Crippen LogP contribution in [0, 0.1) is 6.92 Å². The molecule has 1 amide bonds. The van der Waals surface area contributed by atoms with Crippen LogP contribution in [0.15, 0.2) is 72.4 Å². The van der Waals surface area contributed by atoms with Gasteiger partial charge in [-0.1, -0.05) is 18.2 Å². The van der Waals surface area contributed by atoms with Crippen molar-refractivity contribution < 1.29 is 4.79 Å². The molecular formula is C21H17N5OS. The van der Waals surface area contributed by atoms with Crippen LogP contribution in [0.5, 0.6) is 0 Å². The average Bonchev–Trinajstić information content (AvgIpc) is 3.16. The van der Waals surface area contributed by atoms with Gasteiger partial charge < -0.3 is 10.6 Å². The van der Waals surface area contributed by atoms with Gasteiger partial charge in [0.2, 0.25) is 5.95 Å². The number of nitrogens with one attached hydrogen (secondary N) is 2. The second-order valence-corrected chi connectivity index (χ2v) is 7.13. The summed E-state index contributed by atoms with van der Waals surface area (Å²) < 4.78 is 0. The van der Waals surface area contributed by atoms with E-state index < -0.39 is 0 Å². The predicted molar refractivity (Wildman–Crippen MR) is 112 cm³/mol. The lowest BCUT2D eigenvalue weighted by atomic mass is 10.1. The molecule has 0 radical (unpaired) electrons. The maximum absolute atomic E-state index is 12.7. The summed E-state index contributed by atoms with van der Waals surface area (Å²) in [5, 5.41) is 9.05. The second-order valence-electron chi connectivity index (χ2n) is 6.06. The third-order valence-electron chi connectivity index (χ3n) is 3.98. The highest BCUT2D eigenvalue weighted by atomic mass is 32.1. The molecular weight excluding hydrogens is 370 g/mol. The molecule has 0 aliphatic rings. The number of hydrogen-bond acceptors (Lipinski definition) is 6. The number of amides is 1. The highest BCUT2D eigenvalue weighted by molar-refractivity contribution is 7.09. The van der Waals surface area contributed by atoms with Crippen molar-refractivity contribution >= 4 is 34.6 Å². The molecule has 6 nitrogen and oxygen atoms in total. The maximum Gasteiger partial charge on any atom is 0.255 e. The molecule has 138 valence electrons. The lowest BCUT2D eigenvalue weighted by Gasteiger charge is -2.09. The fourth-order valence-corrected chi connectivity index (χ4v) is 3.31. The summed E-state index contributed by atoms with van der Waals surface area (Å²) >= 11 is 1.60. The number of hydrogen-bond donors (Lipinski definition) is 2. The van der Waals surface area contributed by atoms with E-state index in [4.69, 9.17) is 0 Å². The number of carbonyl (C=O) groups is 1. The summed E-state index contributed by atoms with van der Waals surface area (Å²) in [5.74, 6) is 0.288. The Hall–Kier alpha value is -3.58. The minimum atomic E-state index is -0.191. The van der Waals surface area contributed by atoms with Crippen molar-refractivity contribution in [3.63, 3.8) is 0 Å². The van der Waals surface area contributed by atoms with E-state index in [0.717, 1.165) is 27.6 Å². The molecule has 0 atom stereocenters. The Labute approximate surface area is 166 Å². The largest absolute Gasteiger partial charge is 0.324 e. The molecule has 4 aromatic rings. The molecule has 2 aromatic carbocycles. The minimum absolute atomic E-state index is 0.191. The number of aryl methyl sites for hydroxylation is 1. The number of benzene rings is 2. The highest BCUT2D eigenvalue weighted by Gasteiger charge is 2.09. The SMILES string of the molecule is Cc1nc(-c2cccc(NC(=O)c3cccc(Nc4ncccn4)c3)c2)cs1. The first-order valence-electron chi connectivity index (χ1n) is 8.65. The Morgan fingerprint density at radius 2 is 1.75 bits per heavy atom. The van der Waals surface area contributed by atoms with Gasteiger partial charge in [0.1, 0.15) is 0 Å². The van der Waals surface area contributed by atoms with Gasteiger partial charge >= 0.3 is 0 Å². The molecule has 0 aliphatic heterocycles. The zero-order valence-electron chi connectivity index (χ0n) is 15.1. The molecule has 28 heavy (non-hydrogen) atoms. The first-order valence-corrected chi connectivity index (χ1v) is 9.53. The van der Waals surface area contributed by atoms with Crippen LogP contribution in [0.4, 0.5) is 17.3 Å². The summed E-state index contributed by atoms with van der Waals surface area (Å²) in [6.45, 7) is 1.97. The summed E-state index contributed by atoms with van der Waals surface area (Å²) in [5.41, 5.74) is 3.88. The van der Waals surface area contributed by atoms with Crippen molar-refractivity contribution in [3.8, 4) is 11.3 Å². The van der Waals surface area contributed by atoms with Gasteiger partial charge in [0.05, 0.1) is 10.7 Å². The van der Waals surface area contributed by atoms with Gasteiger partial charge in [0.15, 0.2) is 0 Å². The van der Waals surface area contributed by atoms with Crippen molar-refractivity contribution in [1.29, 1.82) is 0 Å². The van der Waals surface area contributed by atoms with E-state index in [-0.39, 0.29) is 5.91 Å². The van der Waals surface area contributed by atoms with Crippen LogP contribution in [0.2, 0.25) is 0 Å². The predicted octanol–water partition coefficient (Wildman–Crippen LogP) is 4.90. The van der Waals surface area contributed by atoms with Crippen LogP contribution in [-0.4, -0.2) is 20.9 Å². The number of aromatic nitrogens is 3.